The Kier molecular flexibility index (Phi) is 4.93. The maximum atomic E-state index is 12.8. The molecule has 0 aliphatic heterocycles. The van der Waals surface area contributed by atoms with Gasteiger partial charge in [-0.15, -0.1) is 5.10 Å². The summed E-state index contributed by atoms with van der Waals surface area (Å²) in [5, 5.41) is 3.71. The number of carbonyl (C=O) groups excluding carboxylic acids is 1. The Hall–Kier alpha value is -2.37. The molecule has 0 radical (unpaired) electrons. The van der Waals surface area contributed by atoms with Crippen LogP contribution in [0.1, 0.15) is 11.1 Å². The van der Waals surface area contributed by atoms with Gasteiger partial charge in [0.25, 0.3) is 5.91 Å². The van der Waals surface area contributed by atoms with Gasteiger partial charge in [-0.2, -0.15) is 26.3 Å². The first-order valence-electron chi connectivity index (χ1n) is 6.26. The van der Waals surface area contributed by atoms with E-state index in [2.05, 4.69) is 26.0 Å². The van der Waals surface area contributed by atoms with Gasteiger partial charge in [0.1, 0.15) is 10.8 Å². The number of halogens is 7. The Morgan fingerprint density at radius 3 is 2.04 bits per heavy atom. The number of hydrogen-bond acceptors (Lipinski definition) is 3. The van der Waals surface area contributed by atoms with Crippen LogP contribution in [0, 0.1) is 0 Å². The second kappa shape index (κ2) is 6.50. The van der Waals surface area contributed by atoms with Gasteiger partial charge < -0.3 is 5.73 Å². The Labute approximate surface area is 144 Å². The van der Waals surface area contributed by atoms with Crippen LogP contribution in [0.15, 0.2) is 29.0 Å². The van der Waals surface area contributed by atoms with Gasteiger partial charge >= 0.3 is 12.4 Å². The van der Waals surface area contributed by atoms with Crippen LogP contribution in [0.25, 0.3) is 17.6 Å². The first-order chi connectivity index (χ1) is 11.4. The van der Waals surface area contributed by atoms with Crippen molar-refractivity contribution in [2.45, 2.75) is 12.4 Å². The van der Waals surface area contributed by atoms with Crippen molar-refractivity contribution in [1.29, 1.82) is 0 Å². The number of nitrogens with two attached hydrogens (primary N) is 1. The molecule has 2 N–H and O–H groups in total. The minimum absolute atomic E-state index is 0.00404. The molecule has 0 atom stereocenters. The van der Waals surface area contributed by atoms with Crippen molar-refractivity contribution in [3.63, 3.8) is 0 Å². The molecule has 0 unspecified atom stereocenters. The van der Waals surface area contributed by atoms with E-state index < -0.39 is 40.8 Å². The Morgan fingerprint density at radius 2 is 1.60 bits per heavy atom. The maximum absolute atomic E-state index is 12.8. The van der Waals surface area contributed by atoms with Crippen LogP contribution >= 0.6 is 15.9 Å². The summed E-state index contributed by atoms with van der Waals surface area (Å²) in [6, 6.07) is 1.01. The number of rotatable bonds is 3. The second-order valence-corrected chi connectivity index (χ2v) is 5.54. The van der Waals surface area contributed by atoms with Crippen molar-refractivity contribution in [2.75, 3.05) is 0 Å². The molecule has 1 aromatic heterocycles. The molecule has 1 heterocycles. The number of hydrogen-bond donors (Lipinski definition) is 1. The quantitative estimate of drug-likeness (QED) is 0.598. The summed E-state index contributed by atoms with van der Waals surface area (Å²) in [6.45, 7) is 0. The van der Waals surface area contributed by atoms with E-state index >= 15 is 0 Å². The first-order valence-corrected chi connectivity index (χ1v) is 7.05. The van der Waals surface area contributed by atoms with Gasteiger partial charge in [0.15, 0.2) is 5.82 Å². The predicted molar refractivity (Wildman–Crippen MR) is 77.9 cm³/mol. The van der Waals surface area contributed by atoms with Gasteiger partial charge in [0.05, 0.1) is 17.3 Å². The lowest BCUT2D eigenvalue weighted by Gasteiger charge is -2.13. The number of primary amides is 1. The smallest absolute Gasteiger partial charge is 0.365 e. The molecule has 0 saturated heterocycles. The summed E-state index contributed by atoms with van der Waals surface area (Å²) in [5.74, 6) is -1.24. The number of aromatic nitrogens is 3. The van der Waals surface area contributed by atoms with Crippen LogP contribution < -0.4 is 5.73 Å². The summed E-state index contributed by atoms with van der Waals surface area (Å²) in [7, 11) is 0. The molecule has 0 spiro atoms. The molecule has 2 aromatic rings. The molecule has 0 bridgehead atoms. The zero-order valence-electron chi connectivity index (χ0n) is 11.9. The highest BCUT2D eigenvalue weighted by Crippen LogP contribution is 2.38. The largest absolute Gasteiger partial charge is 0.416 e. The predicted octanol–water partition coefficient (Wildman–Crippen LogP) is 3.66. The molecule has 134 valence electrons. The normalized spacial score (nSPS) is 13.2. The Morgan fingerprint density at radius 1 is 1.08 bits per heavy atom. The van der Waals surface area contributed by atoms with Crippen molar-refractivity contribution in [1.82, 2.24) is 14.8 Å². The zero-order chi connectivity index (χ0) is 19.0. The molecular formula is C13H7BrF6N4O. The van der Waals surface area contributed by atoms with Crippen LogP contribution in [-0.4, -0.2) is 20.7 Å². The van der Waals surface area contributed by atoms with Crippen LogP contribution in [0.4, 0.5) is 26.3 Å². The fourth-order valence-corrected chi connectivity index (χ4v) is 1.94. The van der Waals surface area contributed by atoms with E-state index in [9.17, 15) is 31.1 Å². The van der Waals surface area contributed by atoms with Crippen molar-refractivity contribution in [3.8, 4) is 11.4 Å². The fourth-order valence-electron chi connectivity index (χ4n) is 1.73. The lowest BCUT2D eigenvalue weighted by atomic mass is 10.0. The van der Waals surface area contributed by atoms with Crippen molar-refractivity contribution in [3.05, 3.63) is 40.1 Å². The van der Waals surface area contributed by atoms with Crippen LogP contribution in [-0.2, 0) is 17.1 Å². The number of alkyl halides is 6. The van der Waals surface area contributed by atoms with E-state index in [1.54, 1.807) is 0 Å². The van der Waals surface area contributed by atoms with E-state index in [1.165, 1.54) is 0 Å². The van der Waals surface area contributed by atoms with Gasteiger partial charge in [-0.25, -0.2) is 9.67 Å². The minimum atomic E-state index is -4.98. The fraction of sp³-hybridized carbons (Fsp3) is 0.154. The minimum Gasteiger partial charge on any atom is -0.365 e. The van der Waals surface area contributed by atoms with Crippen LogP contribution in [0.2, 0.25) is 0 Å². The van der Waals surface area contributed by atoms with Crippen molar-refractivity contribution < 1.29 is 31.1 Å². The number of amides is 1. The number of nitrogens with zero attached hydrogens (tertiary/aromatic N) is 3. The van der Waals surface area contributed by atoms with Crippen molar-refractivity contribution in [2.24, 2.45) is 5.73 Å². The van der Waals surface area contributed by atoms with E-state index in [-0.39, 0.29) is 10.5 Å². The average molecular weight is 429 g/mol. The molecule has 5 nitrogen and oxygen atoms in total. The highest BCUT2D eigenvalue weighted by atomic mass is 79.9. The van der Waals surface area contributed by atoms with E-state index in [0.717, 1.165) is 17.2 Å². The molecule has 0 aliphatic rings. The van der Waals surface area contributed by atoms with Crippen LogP contribution in [0.3, 0.4) is 0 Å². The average Bonchev–Trinajstić information content (AvgIpc) is 2.93. The molecule has 0 saturated carbocycles. The molecule has 0 fully saturated rings. The van der Waals surface area contributed by atoms with E-state index in [1.807, 2.05) is 0 Å². The third kappa shape index (κ3) is 4.59. The first kappa shape index (κ1) is 19.0. The lowest BCUT2D eigenvalue weighted by Crippen LogP contribution is -2.11. The monoisotopic (exact) mass is 428 g/mol. The third-order valence-electron chi connectivity index (χ3n) is 2.84. The summed E-state index contributed by atoms with van der Waals surface area (Å²) in [5.41, 5.74) is 1.52. The maximum Gasteiger partial charge on any atom is 0.416 e. The third-order valence-corrected chi connectivity index (χ3v) is 3.43. The molecule has 2 rings (SSSR count). The van der Waals surface area contributed by atoms with Gasteiger partial charge in [-0.1, -0.05) is 0 Å². The Bertz CT molecular complexity index is 808. The summed E-state index contributed by atoms with van der Waals surface area (Å²) in [6.07, 6.45) is -7.91. The number of carbonyl (C=O) groups is 1. The highest BCUT2D eigenvalue weighted by Gasteiger charge is 2.37. The SMILES string of the molecule is NC(=O)/C(Br)=C\n1cnc(-c2cc(C(F)(F)F)cc(C(F)(F)F)c2)n1. The lowest BCUT2D eigenvalue weighted by molar-refractivity contribution is -0.143. The van der Waals surface area contributed by atoms with E-state index in [0.29, 0.717) is 12.1 Å². The summed E-state index contributed by atoms with van der Waals surface area (Å²) in [4.78, 5) is 14.5. The van der Waals surface area contributed by atoms with Gasteiger partial charge in [-0.3, -0.25) is 4.79 Å². The zero-order valence-corrected chi connectivity index (χ0v) is 13.4. The molecular weight excluding hydrogens is 422 g/mol. The molecule has 25 heavy (non-hydrogen) atoms. The van der Waals surface area contributed by atoms with Crippen molar-refractivity contribution >= 4 is 28.0 Å². The molecule has 0 aliphatic carbocycles. The van der Waals surface area contributed by atoms with Crippen LogP contribution in [0.5, 0.6) is 0 Å². The van der Waals surface area contributed by atoms with Gasteiger partial charge in [0.2, 0.25) is 0 Å². The standard InChI is InChI=1S/C13H7BrF6N4O/c14-9(10(21)25)4-24-5-22-11(23-24)6-1-7(12(15,16)17)3-8(2-6)13(18,19)20/h1-5H,(H2,21,25)/b9-4+. The summed E-state index contributed by atoms with van der Waals surface area (Å²) < 4.78 is 77.8. The van der Waals surface area contributed by atoms with Gasteiger partial charge in [0, 0.05) is 5.56 Å². The molecule has 12 heteroatoms. The van der Waals surface area contributed by atoms with Gasteiger partial charge in [-0.05, 0) is 34.1 Å². The topological polar surface area (TPSA) is 73.8 Å². The highest BCUT2D eigenvalue weighted by molar-refractivity contribution is 9.12. The number of benzene rings is 1. The molecule has 1 aromatic carbocycles. The second-order valence-electron chi connectivity index (χ2n) is 4.68. The van der Waals surface area contributed by atoms with E-state index in [4.69, 9.17) is 5.73 Å². The summed E-state index contributed by atoms with van der Waals surface area (Å²) >= 11 is 2.82. The molecule has 1 amide bonds. The Balaban J connectivity index is 2.54.